The third-order valence-corrected chi connectivity index (χ3v) is 2.78. The first-order chi connectivity index (χ1) is 8.27. The summed E-state index contributed by atoms with van der Waals surface area (Å²) in [7, 11) is 1.40. The zero-order chi connectivity index (χ0) is 12.3. The monoisotopic (exact) mass is 226 g/mol. The van der Waals surface area contributed by atoms with E-state index in [1.807, 2.05) is 49.4 Å². The van der Waals surface area contributed by atoms with Crippen LogP contribution < -0.4 is 0 Å². The van der Waals surface area contributed by atoms with Gasteiger partial charge in [-0.3, -0.25) is 0 Å². The fraction of sp³-hybridized carbons (Fsp3) is 0.133. The highest BCUT2D eigenvalue weighted by Crippen LogP contribution is 2.32. The van der Waals surface area contributed by atoms with E-state index in [9.17, 15) is 4.79 Å². The Morgan fingerprint density at radius 3 is 2.59 bits per heavy atom. The predicted octanol–water partition coefficient (Wildman–Crippen LogP) is 3.37. The fourth-order valence-corrected chi connectivity index (χ4v) is 1.94. The van der Waals surface area contributed by atoms with Crippen molar-refractivity contribution in [2.24, 2.45) is 0 Å². The Kier molecular flexibility index (Phi) is 3.24. The summed E-state index contributed by atoms with van der Waals surface area (Å²) in [6.45, 7) is 1.84. The van der Waals surface area contributed by atoms with Crippen LogP contribution in [-0.4, -0.2) is 13.1 Å². The quantitative estimate of drug-likeness (QED) is 0.579. The van der Waals surface area contributed by atoms with Gasteiger partial charge in [-0.25, -0.2) is 4.79 Å². The van der Waals surface area contributed by atoms with E-state index >= 15 is 0 Å². The summed E-state index contributed by atoms with van der Waals surface area (Å²) >= 11 is 0. The van der Waals surface area contributed by atoms with Crippen molar-refractivity contribution in [1.82, 2.24) is 0 Å². The number of hydrogen-bond donors (Lipinski definition) is 0. The molecular weight excluding hydrogens is 212 g/mol. The standard InChI is InChI=1S/C15H14O2/c1-3-12(15(16)17-2)14-10-9-11-7-5-4-6-8-13(11)14/h3-10H,1-2H3. The highest BCUT2D eigenvalue weighted by molar-refractivity contribution is 6.18. The molecule has 0 unspecified atom stereocenters. The number of carbonyl (C=O) groups excluding carboxylic acids is 1. The Hall–Kier alpha value is -2.09. The maximum Gasteiger partial charge on any atom is 0.338 e. The first-order valence-corrected chi connectivity index (χ1v) is 5.50. The molecule has 0 aromatic heterocycles. The van der Waals surface area contributed by atoms with Crippen molar-refractivity contribution in [2.45, 2.75) is 6.92 Å². The van der Waals surface area contributed by atoms with Crippen molar-refractivity contribution >= 4 is 11.5 Å². The second kappa shape index (κ2) is 4.83. The van der Waals surface area contributed by atoms with Gasteiger partial charge >= 0.3 is 5.97 Å². The van der Waals surface area contributed by atoms with E-state index in [1.54, 1.807) is 6.08 Å². The zero-order valence-corrected chi connectivity index (χ0v) is 9.94. The van der Waals surface area contributed by atoms with E-state index in [0.29, 0.717) is 5.57 Å². The Morgan fingerprint density at radius 1 is 1.12 bits per heavy atom. The van der Waals surface area contributed by atoms with Crippen LogP contribution in [0.2, 0.25) is 0 Å². The molecule has 0 saturated heterocycles. The predicted molar refractivity (Wildman–Crippen MR) is 68.7 cm³/mol. The maximum atomic E-state index is 11.7. The molecule has 0 aromatic carbocycles. The van der Waals surface area contributed by atoms with Crippen molar-refractivity contribution in [2.75, 3.05) is 7.11 Å². The molecule has 0 fully saturated rings. The fourth-order valence-electron chi connectivity index (χ4n) is 1.94. The first-order valence-electron chi connectivity index (χ1n) is 5.50. The maximum absolute atomic E-state index is 11.7. The molecule has 0 heterocycles. The Labute approximate surface area is 101 Å². The van der Waals surface area contributed by atoms with Gasteiger partial charge in [0.2, 0.25) is 0 Å². The number of carbonyl (C=O) groups is 1. The van der Waals surface area contributed by atoms with Crippen molar-refractivity contribution in [1.29, 1.82) is 0 Å². The SMILES string of the molecule is CC=C(C(=O)OC)c1ccc2cccccc1-2. The summed E-state index contributed by atoms with van der Waals surface area (Å²) in [4.78, 5) is 11.7. The van der Waals surface area contributed by atoms with Crippen LogP contribution in [0.15, 0.2) is 48.5 Å². The molecule has 0 spiro atoms. The van der Waals surface area contributed by atoms with Crippen LogP contribution in [0.1, 0.15) is 12.5 Å². The van der Waals surface area contributed by atoms with Crippen molar-refractivity contribution in [3.63, 3.8) is 0 Å². The van der Waals surface area contributed by atoms with E-state index in [1.165, 1.54) is 7.11 Å². The van der Waals surface area contributed by atoms with Gasteiger partial charge in [-0.1, -0.05) is 48.5 Å². The zero-order valence-electron chi connectivity index (χ0n) is 9.94. The molecule has 2 nitrogen and oxygen atoms in total. The molecule has 17 heavy (non-hydrogen) atoms. The second-order valence-corrected chi connectivity index (χ2v) is 3.72. The van der Waals surface area contributed by atoms with Crippen LogP contribution in [-0.2, 0) is 9.53 Å². The smallest absolute Gasteiger partial charge is 0.338 e. The molecule has 0 saturated carbocycles. The Balaban J connectivity index is 2.56. The van der Waals surface area contributed by atoms with Gasteiger partial charge in [-0.05, 0) is 23.6 Å². The van der Waals surface area contributed by atoms with Crippen LogP contribution >= 0.6 is 0 Å². The Morgan fingerprint density at radius 2 is 1.88 bits per heavy atom. The van der Waals surface area contributed by atoms with Gasteiger partial charge in [-0.2, -0.15) is 0 Å². The minimum Gasteiger partial charge on any atom is -0.465 e. The largest absolute Gasteiger partial charge is 0.465 e. The Bertz CT molecular complexity index is 541. The average molecular weight is 226 g/mol. The van der Waals surface area contributed by atoms with Crippen LogP contribution in [0.3, 0.4) is 0 Å². The molecule has 0 aliphatic heterocycles. The van der Waals surface area contributed by atoms with Crippen LogP contribution in [0.25, 0.3) is 16.7 Å². The molecule has 2 rings (SSSR count). The molecule has 0 N–H and O–H groups in total. The van der Waals surface area contributed by atoms with E-state index in [-0.39, 0.29) is 5.97 Å². The molecular formula is C15H14O2. The lowest BCUT2D eigenvalue weighted by molar-refractivity contribution is -0.133. The molecule has 0 aromatic rings. The molecule has 0 atom stereocenters. The lowest BCUT2D eigenvalue weighted by atomic mass is 10.0. The lowest BCUT2D eigenvalue weighted by Crippen LogP contribution is -2.03. The second-order valence-electron chi connectivity index (χ2n) is 3.72. The number of ether oxygens (including phenoxy) is 1. The van der Waals surface area contributed by atoms with Gasteiger partial charge in [0, 0.05) is 0 Å². The summed E-state index contributed by atoms with van der Waals surface area (Å²) in [5, 5.41) is 0. The summed E-state index contributed by atoms with van der Waals surface area (Å²) in [6.07, 6.45) is 1.79. The highest BCUT2D eigenvalue weighted by atomic mass is 16.5. The molecule has 0 radical (unpaired) electrons. The number of rotatable bonds is 2. The number of esters is 1. The van der Waals surface area contributed by atoms with E-state index in [0.717, 1.165) is 16.7 Å². The van der Waals surface area contributed by atoms with Gasteiger partial charge in [-0.15, -0.1) is 0 Å². The van der Waals surface area contributed by atoms with E-state index in [4.69, 9.17) is 4.74 Å². The van der Waals surface area contributed by atoms with Gasteiger partial charge in [0.25, 0.3) is 0 Å². The van der Waals surface area contributed by atoms with Crippen molar-refractivity contribution < 1.29 is 9.53 Å². The van der Waals surface area contributed by atoms with Gasteiger partial charge in [0.05, 0.1) is 12.7 Å². The number of allylic oxidation sites excluding steroid dienone is 1. The van der Waals surface area contributed by atoms with Crippen LogP contribution in [0.5, 0.6) is 0 Å². The van der Waals surface area contributed by atoms with Gasteiger partial charge < -0.3 is 4.74 Å². The molecule has 0 bridgehead atoms. The summed E-state index contributed by atoms with van der Waals surface area (Å²) < 4.78 is 4.79. The number of hydrogen-bond acceptors (Lipinski definition) is 2. The van der Waals surface area contributed by atoms with Gasteiger partial charge in [0.15, 0.2) is 0 Å². The molecule has 86 valence electrons. The normalized spacial score (nSPS) is 11.5. The van der Waals surface area contributed by atoms with Crippen molar-refractivity contribution in [3.05, 3.63) is 54.1 Å². The van der Waals surface area contributed by atoms with Crippen LogP contribution in [0, 0.1) is 0 Å². The van der Waals surface area contributed by atoms with Gasteiger partial charge in [0.1, 0.15) is 0 Å². The topological polar surface area (TPSA) is 26.3 Å². The minimum atomic E-state index is -0.300. The lowest BCUT2D eigenvalue weighted by Gasteiger charge is -2.05. The third-order valence-electron chi connectivity index (χ3n) is 2.78. The third kappa shape index (κ3) is 2.07. The summed E-state index contributed by atoms with van der Waals surface area (Å²) in [6, 6.07) is 13.9. The molecule has 2 aliphatic rings. The number of methoxy groups -OCH3 is 1. The summed E-state index contributed by atoms with van der Waals surface area (Å²) in [5.41, 5.74) is 3.71. The van der Waals surface area contributed by atoms with Crippen LogP contribution in [0.4, 0.5) is 0 Å². The molecule has 0 amide bonds. The molecule has 2 heteroatoms. The van der Waals surface area contributed by atoms with Crippen molar-refractivity contribution in [3.8, 4) is 11.1 Å². The minimum absolute atomic E-state index is 0.300. The average Bonchev–Trinajstić information content (AvgIpc) is 2.60. The highest BCUT2D eigenvalue weighted by Gasteiger charge is 2.17. The number of fused-ring (bicyclic) bond motifs is 1. The van der Waals surface area contributed by atoms with E-state index < -0.39 is 0 Å². The molecule has 2 aliphatic carbocycles. The first kappa shape index (κ1) is 11.4. The van der Waals surface area contributed by atoms with E-state index in [2.05, 4.69) is 0 Å². The summed E-state index contributed by atoms with van der Waals surface area (Å²) in [5.74, 6) is -0.300.